The van der Waals surface area contributed by atoms with Crippen LogP contribution in [0.2, 0.25) is 0 Å². The smallest absolute Gasteiger partial charge is 0.163 e. The lowest BCUT2D eigenvalue weighted by atomic mass is 10.2. The Bertz CT molecular complexity index is 453. The van der Waals surface area contributed by atoms with Crippen LogP contribution in [-0.2, 0) is 0 Å². The topological polar surface area (TPSA) is 56.5 Å². The van der Waals surface area contributed by atoms with Crippen molar-refractivity contribution in [2.45, 2.75) is 31.3 Å². The number of nitrogens with one attached hydrogen (secondary N) is 1. The van der Waals surface area contributed by atoms with Gasteiger partial charge in [-0.25, -0.2) is 0 Å². The largest absolute Gasteiger partial charge is 0.486 e. The van der Waals surface area contributed by atoms with Gasteiger partial charge in [-0.15, -0.1) is 0 Å². The first-order valence-electron chi connectivity index (χ1n) is 6.33. The summed E-state index contributed by atoms with van der Waals surface area (Å²) in [5, 5.41) is 3.53. The zero-order valence-electron chi connectivity index (χ0n) is 10.1. The quantitative estimate of drug-likeness (QED) is 0.881. The van der Waals surface area contributed by atoms with Gasteiger partial charge in [0.2, 0.25) is 0 Å². The second kappa shape index (κ2) is 4.97. The fourth-order valence-electron chi connectivity index (χ4n) is 2.54. The molecule has 2 unspecified atom stereocenters. The summed E-state index contributed by atoms with van der Waals surface area (Å²) in [6.07, 6.45) is 3.25. The van der Waals surface area contributed by atoms with Crippen molar-refractivity contribution < 1.29 is 9.47 Å². The first kappa shape index (κ1) is 12.1. The van der Waals surface area contributed by atoms with E-state index in [0.29, 0.717) is 25.3 Å². The molecule has 98 valence electrons. The number of hydrogen-bond acceptors (Lipinski definition) is 4. The van der Waals surface area contributed by atoms with Crippen molar-refractivity contribution in [3.8, 4) is 11.5 Å². The molecule has 0 radical (unpaired) electrons. The second-order valence-electron chi connectivity index (χ2n) is 4.89. The third kappa shape index (κ3) is 2.42. The molecule has 3 N–H and O–H groups in total. The maximum atomic E-state index is 5.93. The number of rotatable bonds is 2. The molecule has 2 aliphatic rings. The molecule has 1 saturated carbocycles. The van der Waals surface area contributed by atoms with Gasteiger partial charge in [0.15, 0.2) is 11.5 Å². The van der Waals surface area contributed by atoms with Crippen molar-refractivity contribution in [3.05, 3.63) is 16.6 Å². The van der Waals surface area contributed by atoms with Crippen LogP contribution < -0.4 is 20.5 Å². The highest BCUT2D eigenvalue weighted by Crippen LogP contribution is 2.39. The molecule has 1 fully saturated rings. The molecular formula is C13H17BrN2O2. The van der Waals surface area contributed by atoms with Gasteiger partial charge >= 0.3 is 0 Å². The lowest BCUT2D eigenvalue weighted by Gasteiger charge is -2.22. The SMILES string of the molecule is NC1CCC(Nc2cc3c(cc2Br)OCCO3)C1. The normalized spacial score (nSPS) is 26.1. The van der Waals surface area contributed by atoms with Crippen molar-refractivity contribution in [1.82, 2.24) is 0 Å². The van der Waals surface area contributed by atoms with E-state index in [1.54, 1.807) is 0 Å². The second-order valence-corrected chi connectivity index (χ2v) is 5.74. The molecule has 1 heterocycles. The van der Waals surface area contributed by atoms with Crippen LogP contribution in [0.15, 0.2) is 16.6 Å². The highest BCUT2D eigenvalue weighted by molar-refractivity contribution is 9.10. The Morgan fingerprint density at radius 2 is 1.89 bits per heavy atom. The third-order valence-electron chi connectivity index (χ3n) is 3.46. The van der Waals surface area contributed by atoms with Crippen LogP contribution in [-0.4, -0.2) is 25.3 Å². The Hall–Kier alpha value is -0.940. The molecule has 0 amide bonds. The Labute approximate surface area is 115 Å². The van der Waals surface area contributed by atoms with Crippen molar-refractivity contribution >= 4 is 21.6 Å². The van der Waals surface area contributed by atoms with Crippen molar-refractivity contribution in [1.29, 1.82) is 0 Å². The minimum absolute atomic E-state index is 0.332. The van der Waals surface area contributed by atoms with E-state index in [1.165, 1.54) is 0 Å². The van der Waals surface area contributed by atoms with Gasteiger partial charge in [-0.3, -0.25) is 0 Å². The van der Waals surface area contributed by atoms with Gasteiger partial charge in [0.25, 0.3) is 0 Å². The van der Waals surface area contributed by atoms with Crippen LogP contribution in [0.1, 0.15) is 19.3 Å². The average Bonchev–Trinajstić information content (AvgIpc) is 2.76. The minimum atomic E-state index is 0.332. The van der Waals surface area contributed by atoms with Crippen LogP contribution in [0.25, 0.3) is 0 Å². The molecule has 4 nitrogen and oxygen atoms in total. The standard InChI is InChI=1S/C13H17BrN2O2/c14-10-6-12-13(18-4-3-17-12)7-11(10)16-9-2-1-8(15)5-9/h6-9,16H,1-5,15H2. The number of benzene rings is 1. The van der Waals surface area contributed by atoms with Crippen molar-refractivity contribution in [3.63, 3.8) is 0 Å². The first-order valence-corrected chi connectivity index (χ1v) is 7.13. The van der Waals surface area contributed by atoms with Gasteiger partial charge < -0.3 is 20.5 Å². The minimum Gasteiger partial charge on any atom is -0.486 e. The number of fused-ring (bicyclic) bond motifs is 1. The predicted molar refractivity (Wildman–Crippen MR) is 74.4 cm³/mol. The summed E-state index contributed by atoms with van der Waals surface area (Å²) in [7, 11) is 0. The summed E-state index contributed by atoms with van der Waals surface area (Å²) >= 11 is 3.57. The van der Waals surface area contributed by atoms with Gasteiger partial charge in [-0.2, -0.15) is 0 Å². The maximum Gasteiger partial charge on any atom is 0.163 e. The summed E-state index contributed by atoms with van der Waals surface area (Å²) in [6.45, 7) is 1.23. The molecule has 0 bridgehead atoms. The molecule has 1 aromatic carbocycles. The highest BCUT2D eigenvalue weighted by atomic mass is 79.9. The van der Waals surface area contributed by atoms with E-state index in [1.807, 2.05) is 12.1 Å². The van der Waals surface area contributed by atoms with Crippen LogP contribution in [0.4, 0.5) is 5.69 Å². The van der Waals surface area contributed by atoms with Crippen molar-refractivity contribution in [2.24, 2.45) is 5.73 Å². The fraction of sp³-hybridized carbons (Fsp3) is 0.538. The van der Waals surface area contributed by atoms with Gasteiger partial charge in [-0.05, 0) is 35.2 Å². The lowest BCUT2D eigenvalue weighted by Crippen LogP contribution is -2.21. The summed E-state index contributed by atoms with van der Waals surface area (Å²) in [4.78, 5) is 0. The predicted octanol–water partition coefficient (Wildman–Crippen LogP) is 2.51. The first-order chi connectivity index (χ1) is 8.72. The molecule has 5 heteroatoms. The monoisotopic (exact) mass is 312 g/mol. The van der Waals surface area contributed by atoms with E-state index in [0.717, 1.165) is 40.9 Å². The molecule has 0 aromatic heterocycles. The zero-order chi connectivity index (χ0) is 12.5. The van der Waals surface area contributed by atoms with Crippen LogP contribution in [0.3, 0.4) is 0 Å². The van der Waals surface area contributed by atoms with Crippen molar-refractivity contribution in [2.75, 3.05) is 18.5 Å². The molecular weight excluding hydrogens is 296 g/mol. The summed E-state index contributed by atoms with van der Waals surface area (Å²) in [6, 6.07) is 4.76. The Morgan fingerprint density at radius 3 is 2.56 bits per heavy atom. The van der Waals surface area contributed by atoms with E-state index >= 15 is 0 Å². The van der Waals surface area contributed by atoms with Gasteiger partial charge in [-0.1, -0.05) is 0 Å². The van der Waals surface area contributed by atoms with Crippen LogP contribution in [0.5, 0.6) is 11.5 Å². The fourth-order valence-corrected chi connectivity index (χ4v) is 2.98. The third-order valence-corrected chi connectivity index (χ3v) is 4.12. The molecule has 1 aromatic rings. The van der Waals surface area contributed by atoms with Crippen LogP contribution >= 0.6 is 15.9 Å². The number of anilines is 1. The molecule has 3 rings (SSSR count). The zero-order valence-corrected chi connectivity index (χ0v) is 11.7. The molecule has 0 spiro atoms. The van der Waals surface area contributed by atoms with E-state index < -0.39 is 0 Å². The van der Waals surface area contributed by atoms with E-state index in [2.05, 4.69) is 21.2 Å². The molecule has 18 heavy (non-hydrogen) atoms. The summed E-state index contributed by atoms with van der Waals surface area (Å²) < 4.78 is 12.1. The van der Waals surface area contributed by atoms with E-state index in [9.17, 15) is 0 Å². The molecule has 2 atom stereocenters. The maximum absolute atomic E-state index is 5.93. The summed E-state index contributed by atoms with van der Waals surface area (Å²) in [5.41, 5.74) is 6.99. The number of nitrogens with two attached hydrogens (primary N) is 1. The molecule has 0 saturated heterocycles. The Morgan fingerprint density at radius 1 is 1.17 bits per heavy atom. The average molecular weight is 313 g/mol. The Balaban J connectivity index is 1.79. The van der Waals surface area contributed by atoms with Crippen LogP contribution in [0, 0.1) is 0 Å². The summed E-state index contributed by atoms with van der Waals surface area (Å²) in [5.74, 6) is 1.62. The molecule has 1 aliphatic carbocycles. The number of halogens is 1. The van der Waals surface area contributed by atoms with E-state index in [-0.39, 0.29) is 0 Å². The van der Waals surface area contributed by atoms with Gasteiger partial charge in [0.1, 0.15) is 13.2 Å². The number of hydrogen-bond donors (Lipinski definition) is 2. The Kier molecular flexibility index (Phi) is 3.35. The van der Waals surface area contributed by atoms with Gasteiger partial charge in [0.05, 0.1) is 5.69 Å². The van der Waals surface area contributed by atoms with Gasteiger partial charge in [0, 0.05) is 28.7 Å². The lowest BCUT2D eigenvalue weighted by molar-refractivity contribution is 0.171. The number of ether oxygens (including phenoxy) is 2. The van der Waals surface area contributed by atoms with E-state index in [4.69, 9.17) is 15.2 Å². The molecule has 1 aliphatic heterocycles. The highest BCUT2D eigenvalue weighted by Gasteiger charge is 2.23.